The van der Waals surface area contributed by atoms with Crippen LogP contribution in [-0.4, -0.2) is 62.2 Å². The maximum Gasteiger partial charge on any atom is 0.194 e. The van der Waals surface area contributed by atoms with Crippen molar-refractivity contribution in [3.8, 4) is 5.75 Å². The molecular formula is C21H31N5OS. The van der Waals surface area contributed by atoms with Gasteiger partial charge < -0.3 is 19.9 Å². The third-order valence-corrected chi connectivity index (χ3v) is 5.84. The molecule has 7 heteroatoms. The number of thiazole rings is 1. The first kappa shape index (κ1) is 20.5. The lowest BCUT2D eigenvalue weighted by Crippen LogP contribution is -2.52. The van der Waals surface area contributed by atoms with Gasteiger partial charge in [-0.3, -0.25) is 4.99 Å². The molecule has 0 amide bonds. The number of aromatic nitrogens is 1. The summed E-state index contributed by atoms with van der Waals surface area (Å²) in [6.45, 7) is 9.72. The highest BCUT2D eigenvalue weighted by Crippen LogP contribution is 2.28. The number of para-hydroxylation sites is 2. The summed E-state index contributed by atoms with van der Waals surface area (Å²) >= 11 is 1.75. The fourth-order valence-electron chi connectivity index (χ4n) is 3.41. The van der Waals surface area contributed by atoms with Crippen molar-refractivity contribution >= 4 is 23.0 Å². The van der Waals surface area contributed by atoms with Gasteiger partial charge in [0.15, 0.2) is 5.96 Å². The Labute approximate surface area is 172 Å². The molecule has 0 radical (unpaired) electrons. The van der Waals surface area contributed by atoms with Crippen molar-refractivity contribution in [3.63, 3.8) is 0 Å². The normalized spacial score (nSPS) is 15.0. The van der Waals surface area contributed by atoms with E-state index in [-0.39, 0.29) is 0 Å². The van der Waals surface area contributed by atoms with Crippen LogP contribution in [0.2, 0.25) is 0 Å². The minimum atomic E-state index is 0.827. The Morgan fingerprint density at radius 3 is 2.71 bits per heavy atom. The first-order valence-electron chi connectivity index (χ1n) is 10.0. The summed E-state index contributed by atoms with van der Waals surface area (Å²) in [4.78, 5) is 14.1. The molecule has 28 heavy (non-hydrogen) atoms. The molecule has 1 aliphatic heterocycles. The van der Waals surface area contributed by atoms with Crippen LogP contribution in [0.4, 0.5) is 5.69 Å². The molecule has 1 aromatic heterocycles. The minimum Gasteiger partial charge on any atom is -0.495 e. The molecule has 1 aromatic carbocycles. The zero-order valence-corrected chi connectivity index (χ0v) is 18.0. The summed E-state index contributed by atoms with van der Waals surface area (Å²) in [5, 5.41) is 6.78. The molecule has 152 valence electrons. The van der Waals surface area contributed by atoms with Crippen molar-refractivity contribution in [2.75, 3.05) is 51.3 Å². The van der Waals surface area contributed by atoms with Gasteiger partial charge in [-0.1, -0.05) is 12.1 Å². The number of nitrogens with one attached hydrogen (secondary N) is 1. The lowest BCUT2D eigenvalue weighted by Gasteiger charge is -2.38. The predicted octanol–water partition coefficient (Wildman–Crippen LogP) is 3.18. The number of piperazine rings is 1. The van der Waals surface area contributed by atoms with E-state index in [1.165, 1.54) is 10.7 Å². The van der Waals surface area contributed by atoms with E-state index in [0.29, 0.717) is 0 Å². The number of ether oxygens (including phenoxy) is 1. The number of anilines is 1. The van der Waals surface area contributed by atoms with Gasteiger partial charge in [0.2, 0.25) is 0 Å². The van der Waals surface area contributed by atoms with Crippen LogP contribution in [0.1, 0.15) is 24.0 Å². The van der Waals surface area contributed by atoms with Gasteiger partial charge in [0.05, 0.1) is 17.8 Å². The molecule has 3 rings (SSSR count). The molecule has 2 aromatic rings. The van der Waals surface area contributed by atoms with E-state index in [9.17, 15) is 0 Å². The fraction of sp³-hybridized carbons (Fsp3) is 0.524. The smallest absolute Gasteiger partial charge is 0.194 e. The van der Waals surface area contributed by atoms with Gasteiger partial charge in [0, 0.05) is 56.8 Å². The third-order valence-electron chi connectivity index (χ3n) is 4.82. The van der Waals surface area contributed by atoms with E-state index in [0.717, 1.165) is 69.5 Å². The highest BCUT2D eigenvalue weighted by Gasteiger charge is 2.21. The number of aliphatic imine (C=N–C) groups is 1. The maximum atomic E-state index is 5.52. The summed E-state index contributed by atoms with van der Waals surface area (Å²) in [6, 6.07) is 8.24. The number of aryl methyl sites for hydroxylation is 2. The molecule has 6 nitrogen and oxygen atoms in total. The predicted molar refractivity (Wildman–Crippen MR) is 118 cm³/mol. The second-order valence-corrected chi connectivity index (χ2v) is 7.81. The maximum absolute atomic E-state index is 5.52. The van der Waals surface area contributed by atoms with Crippen LogP contribution in [0, 0.1) is 6.92 Å². The second kappa shape index (κ2) is 10.3. The highest BCUT2D eigenvalue weighted by molar-refractivity contribution is 7.09. The largest absolute Gasteiger partial charge is 0.495 e. The quantitative estimate of drug-likeness (QED) is 0.439. The van der Waals surface area contributed by atoms with E-state index >= 15 is 0 Å². The molecule has 1 fully saturated rings. The van der Waals surface area contributed by atoms with E-state index in [1.807, 2.05) is 19.1 Å². The first-order valence-corrected chi connectivity index (χ1v) is 10.9. The van der Waals surface area contributed by atoms with Crippen molar-refractivity contribution < 1.29 is 4.74 Å². The summed E-state index contributed by atoms with van der Waals surface area (Å²) in [7, 11) is 1.73. The Hall–Kier alpha value is -2.28. The highest BCUT2D eigenvalue weighted by atomic mass is 32.1. The Kier molecular flexibility index (Phi) is 7.54. The molecule has 0 atom stereocenters. The first-order chi connectivity index (χ1) is 13.7. The van der Waals surface area contributed by atoms with Crippen LogP contribution < -0.4 is 15.0 Å². The van der Waals surface area contributed by atoms with Crippen molar-refractivity contribution in [1.82, 2.24) is 15.2 Å². The molecule has 1 aliphatic rings. The summed E-state index contributed by atoms with van der Waals surface area (Å²) in [6.07, 6.45) is 2.03. The Bertz CT molecular complexity index is 768. The van der Waals surface area contributed by atoms with Gasteiger partial charge in [-0.05, 0) is 32.4 Å². The second-order valence-electron chi connectivity index (χ2n) is 6.87. The van der Waals surface area contributed by atoms with Crippen LogP contribution in [0.3, 0.4) is 0 Å². The molecule has 0 bridgehead atoms. The average Bonchev–Trinajstić information content (AvgIpc) is 3.15. The van der Waals surface area contributed by atoms with Crippen molar-refractivity contribution in [1.29, 1.82) is 0 Å². The molecule has 0 unspecified atom stereocenters. The average molecular weight is 402 g/mol. The van der Waals surface area contributed by atoms with Crippen LogP contribution >= 0.6 is 11.3 Å². The number of rotatable bonds is 7. The Morgan fingerprint density at radius 1 is 1.25 bits per heavy atom. The molecular weight excluding hydrogens is 370 g/mol. The Morgan fingerprint density at radius 2 is 2.04 bits per heavy atom. The summed E-state index contributed by atoms with van der Waals surface area (Å²) in [5.74, 6) is 1.96. The van der Waals surface area contributed by atoms with Gasteiger partial charge in [-0.25, -0.2) is 4.98 Å². The number of guanidine groups is 1. The zero-order valence-electron chi connectivity index (χ0n) is 17.1. The number of hydrogen-bond donors (Lipinski definition) is 1. The lowest BCUT2D eigenvalue weighted by atomic mass is 10.2. The monoisotopic (exact) mass is 401 g/mol. The van der Waals surface area contributed by atoms with E-state index in [4.69, 9.17) is 9.73 Å². The van der Waals surface area contributed by atoms with E-state index < -0.39 is 0 Å². The Balaban J connectivity index is 1.53. The van der Waals surface area contributed by atoms with Gasteiger partial charge in [-0.15, -0.1) is 11.3 Å². The van der Waals surface area contributed by atoms with Crippen molar-refractivity contribution in [3.05, 3.63) is 40.3 Å². The molecule has 0 spiro atoms. The fourth-order valence-corrected chi connectivity index (χ4v) is 4.23. The molecule has 1 saturated heterocycles. The van der Waals surface area contributed by atoms with Crippen LogP contribution in [0.5, 0.6) is 5.75 Å². The van der Waals surface area contributed by atoms with Crippen molar-refractivity contribution in [2.45, 2.75) is 26.7 Å². The lowest BCUT2D eigenvalue weighted by molar-refractivity contribution is 0.367. The number of hydrogen-bond acceptors (Lipinski definition) is 5. The standard InChI is InChI=1S/C21H31N5OS/c1-4-22-21(23-11-7-10-20-24-17(2)16-28-20)26-14-12-25(13-15-26)18-8-5-6-9-19(18)27-3/h5-6,8-9,16H,4,7,10-15H2,1-3H3,(H,22,23). The van der Waals surface area contributed by atoms with E-state index in [2.05, 4.69) is 44.5 Å². The summed E-state index contributed by atoms with van der Waals surface area (Å²) in [5.41, 5.74) is 2.29. The van der Waals surface area contributed by atoms with Gasteiger partial charge in [-0.2, -0.15) is 0 Å². The molecule has 1 N–H and O–H groups in total. The van der Waals surface area contributed by atoms with Crippen molar-refractivity contribution in [2.24, 2.45) is 4.99 Å². The zero-order chi connectivity index (χ0) is 19.8. The van der Waals surface area contributed by atoms with Gasteiger partial charge >= 0.3 is 0 Å². The van der Waals surface area contributed by atoms with Crippen LogP contribution in [0.15, 0.2) is 34.6 Å². The number of methoxy groups -OCH3 is 1. The number of benzene rings is 1. The summed E-state index contributed by atoms with van der Waals surface area (Å²) < 4.78 is 5.52. The number of nitrogens with zero attached hydrogens (tertiary/aromatic N) is 4. The topological polar surface area (TPSA) is 53.0 Å². The van der Waals surface area contributed by atoms with Crippen LogP contribution in [0.25, 0.3) is 0 Å². The molecule has 0 aliphatic carbocycles. The van der Waals surface area contributed by atoms with Crippen LogP contribution in [-0.2, 0) is 6.42 Å². The van der Waals surface area contributed by atoms with E-state index in [1.54, 1.807) is 18.4 Å². The third kappa shape index (κ3) is 5.38. The molecule has 2 heterocycles. The van der Waals surface area contributed by atoms with Gasteiger partial charge in [0.25, 0.3) is 0 Å². The minimum absolute atomic E-state index is 0.827. The molecule has 0 saturated carbocycles. The van der Waals surface area contributed by atoms with Gasteiger partial charge in [0.1, 0.15) is 5.75 Å². The SMILES string of the molecule is CCNC(=NCCCc1nc(C)cs1)N1CCN(c2ccccc2OC)CC1.